The fourth-order valence-corrected chi connectivity index (χ4v) is 0.587. The highest BCUT2D eigenvalue weighted by Gasteiger charge is 2.04. The van der Waals surface area contributed by atoms with Gasteiger partial charge in [0.15, 0.2) is 0 Å². The van der Waals surface area contributed by atoms with E-state index in [9.17, 15) is 0 Å². The van der Waals surface area contributed by atoms with Gasteiger partial charge in [-0.15, -0.1) is 0 Å². The summed E-state index contributed by atoms with van der Waals surface area (Å²) < 4.78 is 4.49. The quantitative estimate of drug-likeness (QED) is 0.536. The lowest BCUT2D eigenvalue weighted by Crippen LogP contribution is -2.09. The van der Waals surface area contributed by atoms with Crippen LogP contribution in [0.25, 0.3) is 0 Å². The van der Waals surface area contributed by atoms with Crippen LogP contribution in [0.5, 0.6) is 0 Å². The zero-order chi connectivity index (χ0) is 6.85. The molecule has 5 heteroatoms. The highest BCUT2D eigenvalue weighted by Crippen LogP contribution is 2.07. The van der Waals surface area contributed by atoms with E-state index in [2.05, 4.69) is 21.9 Å². The fraction of sp³-hybridized carbons (Fsp3) is 0. The maximum absolute atomic E-state index is 5.24. The number of hydrogen-bond acceptors (Lipinski definition) is 4. The Labute approximate surface area is 56.8 Å². The van der Waals surface area contributed by atoms with Crippen LogP contribution in [0.4, 0.5) is 5.88 Å². The van der Waals surface area contributed by atoms with Crippen LogP contribution < -0.4 is 11.5 Å². The van der Waals surface area contributed by atoms with Gasteiger partial charge >= 0.3 is 0 Å². The van der Waals surface area contributed by atoms with Gasteiger partial charge in [-0.2, -0.15) is 0 Å². The summed E-state index contributed by atoms with van der Waals surface area (Å²) in [5.74, 6) is 0.169. The van der Waals surface area contributed by atoms with Gasteiger partial charge in [0.05, 0.1) is 11.8 Å². The summed E-state index contributed by atoms with van der Waals surface area (Å²) in [5.41, 5.74) is 10.9. The van der Waals surface area contributed by atoms with E-state index in [4.69, 9.17) is 11.5 Å². The van der Waals surface area contributed by atoms with Crippen LogP contribution in [-0.4, -0.2) is 10.1 Å². The third-order valence-electron chi connectivity index (χ3n) is 0.864. The Morgan fingerprint density at radius 2 is 2.44 bits per heavy atom. The molecule has 48 valence electrons. The van der Waals surface area contributed by atoms with Crippen molar-refractivity contribution in [1.82, 2.24) is 5.16 Å². The molecule has 0 aromatic carbocycles. The first kappa shape index (κ1) is 6.03. The largest absolute Gasteiger partial charge is 0.389 e. The van der Waals surface area contributed by atoms with Crippen molar-refractivity contribution < 1.29 is 4.52 Å². The van der Waals surface area contributed by atoms with Gasteiger partial charge in [0.25, 0.3) is 0 Å². The Morgan fingerprint density at radius 1 is 1.78 bits per heavy atom. The molecule has 1 aromatic heterocycles. The summed E-state index contributed by atoms with van der Waals surface area (Å²) in [6, 6.07) is 0. The first-order valence-electron chi connectivity index (χ1n) is 2.22. The number of rotatable bonds is 1. The second-order valence-corrected chi connectivity index (χ2v) is 1.91. The van der Waals surface area contributed by atoms with E-state index in [1.807, 2.05) is 0 Å². The number of nitrogen functional groups attached to an aromatic ring is 1. The van der Waals surface area contributed by atoms with Crippen molar-refractivity contribution in [2.75, 3.05) is 5.73 Å². The first-order chi connectivity index (χ1) is 4.22. The number of thiocarbonyl (C=S) groups is 1. The summed E-state index contributed by atoms with van der Waals surface area (Å²) in [7, 11) is 0. The molecule has 9 heavy (non-hydrogen) atoms. The molecule has 1 rings (SSSR count). The lowest BCUT2D eigenvalue weighted by molar-refractivity contribution is 0.436. The van der Waals surface area contributed by atoms with E-state index in [1.165, 1.54) is 6.20 Å². The van der Waals surface area contributed by atoms with Crippen molar-refractivity contribution in [3.8, 4) is 0 Å². The molecule has 0 bridgehead atoms. The van der Waals surface area contributed by atoms with Gasteiger partial charge in [0, 0.05) is 0 Å². The van der Waals surface area contributed by atoms with Gasteiger partial charge < -0.3 is 16.0 Å². The zero-order valence-corrected chi connectivity index (χ0v) is 5.31. The predicted molar refractivity (Wildman–Crippen MR) is 36.8 cm³/mol. The lowest BCUT2D eigenvalue weighted by Gasteiger charge is -1.87. The standard InChI is InChI=1S/C4H5N3OS/c5-3-2(4(6)9)1-7-8-3/h1H,5H2,(H2,6,9). The summed E-state index contributed by atoms with van der Waals surface area (Å²) in [6.45, 7) is 0. The van der Waals surface area contributed by atoms with E-state index in [1.54, 1.807) is 0 Å². The molecule has 0 atom stereocenters. The van der Waals surface area contributed by atoms with Crippen molar-refractivity contribution in [3.63, 3.8) is 0 Å². The molecule has 0 fully saturated rings. The maximum Gasteiger partial charge on any atom is 0.232 e. The average Bonchev–Trinajstić information content (AvgIpc) is 2.13. The van der Waals surface area contributed by atoms with Crippen LogP contribution in [0, 0.1) is 0 Å². The molecule has 0 spiro atoms. The van der Waals surface area contributed by atoms with Crippen molar-refractivity contribution >= 4 is 23.1 Å². The summed E-state index contributed by atoms with van der Waals surface area (Å²) in [5, 5.41) is 3.38. The van der Waals surface area contributed by atoms with Crippen LogP contribution in [0.1, 0.15) is 5.56 Å². The van der Waals surface area contributed by atoms with Gasteiger partial charge in [-0.25, -0.2) is 0 Å². The highest BCUT2D eigenvalue weighted by atomic mass is 32.1. The van der Waals surface area contributed by atoms with E-state index >= 15 is 0 Å². The summed E-state index contributed by atoms with van der Waals surface area (Å²) in [6.07, 6.45) is 1.39. The van der Waals surface area contributed by atoms with Gasteiger partial charge in [-0.1, -0.05) is 17.4 Å². The molecule has 1 aromatic rings. The molecule has 4 N–H and O–H groups in total. The van der Waals surface area contributed by atoms with Crippen molar-refractivity contribution in [1.29, 1.82) is 0 Å². The Bertz CT molecular complexity index is 231. The number of hydrogen-bond donors (Lipinski definition) is 2. The Kier molecular flexibility index (Phi) is 1.35. The molecule has 0 aliphatic heterocycles. The van der Waals surface area contributed by atoms with Gasteiger partial charge in [-0.3, -0.25) is 0 Å². The van der Waals surface area contributed by atoms with Crippen LogP contribution >= 0.6 is 12.2 Å². The van der Waals surface area contributed by atoms with Crippen LogP contribution in [-0.2, 0) is 0 Å². The molecule has 0 amide bonds. The average molecular weight is 143 g/mol. The number of aromatic nitrogens is 1. The van der Waals surface area contributed by atoms with E-state index in [0.29, 0.717) is 5.56 Å². The summed E-state index contributed by atoms with van der Waals surface area (Å²) in [4.78, 5) is 0.203. The second-order valence-electron chi connectivity index (χ2n) is 1.47. The predicted octanol–water partition coefficient (Wildman–Crippen LogP) is -0.109. The van der Waals surface area contributed by atoms with Gasteiger partial charge in [-0.05, 0) is 0 Å². The lowest BCUT2D eigenvalue weighted by atomic mass is 10.3. The Hall–Kier alpha value is -1.10. The van der Waals surface area contributed by atoms with E-state index < -0.39 is 0 Å². The minimum absolute atomic E-state index is 0.169. The van der Waals surface area contributed by atoms with Gasteiger partial charge in [0.2, 0.25) is 5.88 Å². The molecule has 0 unspecified atom stereocenters. The molecular formula is C4H5N3OS. The number of anilines is 1. The Balaban J connectivity index is 3.08. The molecular weight excluding hydrogens is 138 g/mol. The minimum Gasteiger partial charge on any atom is -0.389 e. The van der Waals surface area contributed by atoms with Crippen LogP contribution in [0.3, 0.4) is 0 Å². The van der Waals surface area contributed by atoms with Crippen LogP contribution in [0.15, 0.2) is 10.7 Å². The molecule has 0 radical (unpaired) electrons. The molecule has 1 heterocycles. The third-order valence-corrected chi connectivity index (χ3v) is 1.08. The highest BCUT2D eigenvalue weighted by molar-refractivity contribution is 7.80. The minimum atomic E-state index is 0.169. The van der Waals surface area contributed by atoms with E-state index in [0.717, 1.165) is 0 Å². The van der Waals surface area contributed by atoms with Crippen molar-refractivity contribution in [2.45, 2.75) is 0 Å². The number of nitrogens with two attached hydrogens (primary N) is 2. The maximum atomic E-state index is 5.24. The summed E-state index contributed by atoms with van der Waals surface area (Å²) >= 11 is 4.60. The SMILES string of the molecule is NC(=S)c1cnoc1N. The molecule has 0 aliphatic carbocycles. The second kappa shape index (κ2) is 2.02. The third kappa shape index (κ3) is 0.996. The smallest absolute Gasteiger partial charge is 0.232 e. The Morgan fingerprint density at radius 3 is 2.67 bits per heavy atom. The van der Waals surface area contributed by atoms with Crippen molar-refractivity contribution in [2.24, 2.45) is 5.73 Å². The van der Waals surface area contributed by atoms with E-state index in [-0.39, 0.29) is 10.9 Å². The first-order valence-corrected chi connectivity index (χ1v) is 2.62. The topological polar surface area (TPSA) is 78.1 Å². The molecule has 0 aliphatic rings. The fourth-order valence-electron chi connectivity index (χ4n) is 0.434. The van der Waals surface area contributed by atoms with Crippen molar-refractivity contribution in [3.05, 3.63) is 11.8 Å². The van der Waals surface area contributed by atoms with Crippen LogP contribution in [0.2, 0.25) is 0 Å². The molecule has 4 nitrogen and oxygen atoms in total. The normalized spacial score (nSPS) is 9.33. The zero-order valence-electron chi connectivity index (χ0n) is 4.50. The number of nitrogens with zero attached hydrogens (tertiary/aromatic N) is 1. The monoisotopic (exact) mass is 143 g/mol. The molecule has 0 saturated heterocycles. The van der Waals surface area contributed by atoms with Gasteiger partial charge in [0.1, 0.15) is 4.99 Å². The molecule has 0 saturated carbocycles.